The fraction of sp³-hybridized carbons (Fsp3) is 0.586. The van der Waals surface area contributed by atoms with Crippen LogP contribution in [0.2, 0.25) is 0 Å². The number of phenols is 1. The predicted octanol–water partition coefficient (Wildman–Crippen LogP) is -2.88. The van der Waals surface area contributed by atoms with Gasteiger partial charge >= 0.3 is 5.97 Å². The number of nitrogens with one attached hydrogen (secondary N) is 4. The summed E-state index contributed by atoms with van der Waals surface area (Å²) in [6.07, 6.45) is 1.75. The lowest BCUT2D eigenvalue weighted by Crippen LogP contribution is -2.60. The van der Waals surface area contributed by atoms with Gasteiger partial charge in [-0.1, -0.05) is 26.0 Å². The molecular weight excluding hydrogens is 602 g/mol. The van der Waals surface area contributed by atoms with Crippen LogP contribution in [-0.4, -0.2) is 101 Å². The molecule has 17 nitrogen and oxygen atoms in total. The van der Waals surface area contributed by atoms with Crippen molar-refractivity contribution in [1.82, 2.24) is 21.3 Å². The molecule has 1 rings (SSSR count). The van der Waals surface area contributed by atoms with Crippen LogP contribution in [0.5, 0.6) is 5.75 Å². The smallest absolute Gasteiger partial charge is 0.326 e. The van der Waals surface area contributed by atoms with Crippen molar-refractivity contribution in [3.8, 4) is 5.75 Å². The molecule has 0 aromatic heterocycles. The molecule has 0 heterocycles. The number of nitrogens with zero attached hydrogens (tertiary/aromatic N) is 1. The standard InChI is InChI=1S/C29H49N9O8/c1-16(2)23(28(45)46)38-27(44)22(15-39)37-26(43)21(14-17-8-10-18(40)11-9-17)36-25(42)20(7-3-4-12-30)35-24(41)19(31)6-5-13-34-29(32)33/h8-11,16,19-23,39-40H,3-7,12-15,30-31H2,1-2H3,(H,35,41)(H,36,42)(H,37,43)(H,38,44)(H,45,46)(H4,32,33,34)/t19-,20-,21-,22-,23-/m0/s1. The van der Waals surface area contributed by atoms with Crippen molar-refractivity contribution < 1.29 is 39.3 Å². The third kappa shape index (κ3) is 14.5. The number of aliphatic hydroxyl groups excluding tert-OH is 1. The first-order chi connectivity index (χ1) is 21.7. The van der Waals surface area contributed by atoms with Crippen LogP contribution >= 0.6 is 0 Å². The molecular formula is C29H49N9O8. The second-order valence-electron chi connectivity index (χ2n) is 11.1. The van der Waals surface area contributed by atoms with Crippen molar-refractivity contribution >= 4 is 35.6 Å². The summed E-state index contributed by atoms with van der Waals surface area (Å²) in [6.45, 7) is 2.91. The summed E-state index contributed by atoms with van der Waals surface area (Å²) in [5.74, 6) is -5.02. The summed E-state index contributed by atoms with van der Waals surface area (Å²) in [5.41, 5.74) is 22.7. The topological polar surface area (TPSA) is 311 Å². The minimum absolute atomic E-state index is 0.0266. The van der Waals surface area contributed by atoms with Gasteiger partial charge in [0.25, 0.3) is 0 Å². The van der Waals surface area contributed by atoms with Crippen LogP contribution < -0.4 is 44.2 Å². The zero-order valence-electron chi connectivity index (χ0n) is 26.3. The van der Waals surface area contributed by atoms with Gasteiger partial charge in [-0.15, -0.1) is 0 Å². The van der Waals surface area contributed by atoms with Gasteiger partial charge < -0.3 is 59.5 Å². The van der Waals surface area contributed by atoms with Crippen LogP contribution in [0.25, 0.3) is 0 Å². The first-order valence-electron chi connectivity index (χ1n) is 15.0. The third-order valence-corrected chi connectivity index (χ3v) is 6.94. The number of aliphatic carboxylic acids is 1. The molecule has 1 aromatic rings. The molecule has 0 aliphatic carbocycles. The largest absolute Gasteiger partial charge is 0.508 e. The van der Waals surface area contributed by atoms with Gasteiger partial charge in [0.2, 0.25) is 23.6 Å². The molecule has 0 spiro atoms. The van der Waals surface area contributed by atoms with E-state index in [9.17, 15) is 39.3 Å². The number of carboxylic acids is 1. The lowest BCUT2D eigenvalue weighted by Gasteiger charge is -2.26. The van der Waals surface area contributed by atoms with E-state index in [-0.39, 0.29) is 37.5 Å². The normalized spacial score (nSPS) is 14.2. The van der Waals surface area contributed by atoms with E-state index in [0.29, 0.717) is 31.4 Å². The molecule has 0 unspecified atom stereocenters. The summed E-state index contributed by atoms with van der Waals surface area (Å²) in [5, 5.41) is 38.8. The van der Waals surface area contributed by atoms with E-state index in [4.69, 9.17) is 22.9 Å². The number of nitrogens with two attached hydrogens (primary N) is 4. The lowest BCUT2D eigenvalue weighted by atomic mass is 10.0. The first-order valence-corrected chi connectivity index (χ1v) is 15.0. The number of aliphatic imine (C=N–C) groups is 1. The van der Waals surface area contributed by atoms with Crippen molar-refractivity contribution in [2.24, 2.45) is 33.8 Å². The number of amides is 4. The molecule has 0 aliphatic rings. The molecule has 46 heavy (non-hydrogen) atoms. The molecule has 15 N–H and O–H groups in total. The van der Waals surface area contributed by atoms with Gasteiger partial charge in [-0.25, -0.2) is 4.79 Å². The van der Waals surface area contributed by atoms with Crippen molar-refractivity contribution in [2.45, 2.75) is 82.6 Å². The predicted molar refractivity (Wildman–Crippen MR) is 170 cm³/mol. The Kier molecular flexibility index (Phi) is 17.6. The summed E-state index contributed by atoms with van der Waals surface area (Å²) in [7, 11) is 0. The number of benzene rings is 1. The molecule has 5 atom stereocenters. The summed E-state index contributed by atoms with van der Waals surface area (Å²) in [6, 6.07) is -0.374. The summed E-state index contributed by atoms with van der Waals surface area (Å²) in [4.78, 5) is 68.0. The SMILES string of the molecule is CC(C)[C@H](NC(=O)[C@H](CO)NC(=O)[C@H](Cc1ccc(O)cc1)NC(=O)[C@H](CCCCN)NC(=O)[C@@H](N)CCCN=C(N)N)C(=O)O. The average Bonchev–Trinajstić information content (AvgIpc) is 2.99. The lowest BCUT2D eigenvalue weighted by molar-refractivity contribution is -0.143. The van der Waals surface area contributed by atoms with Crippen molar-refractivity contribution in [3.63, 3.8) is 0 Å². The Balaban J connectivity index is 3.18. The van der Waals surface area contributed by atoms with Gasteiger partial charge in [0, 0.05) is 13.0 Å². The molecule has 1 aromatic carbocycles. The fourth-order valence-corrected chi connectivity index (χ4v) is 4.27. The first kappa shape index (κ1) is 39.5. The Hall–Kier alpha value is -4.48. The van der Waals surface area contributed by atoms with Crippen LogP contribution in [0.3, 0.4) is 0 Å². The number of carbonyl (C=O) groups is 5. The molecule has 0 saturated carbocycles. The Labute approximate surface area is 267 Å². The molecule has 0 fully saturated rings. The van der Waals surface area contributed by atoms with E-state index in [1.165, 1.54) is 24.3 Å². The molecule has 0 aliphatic heterocycles. The van der Waals surface area contributed by atoms with Crippen molar-refractivity contribution in [3.05, 3.63) is 29.8 Å². The zero-order chi connectivity index (χ0) is 34.8. The Bertz CT molecular complexity index is 1180. The summed E-state index contributed by atoms with van der Waals surface area (Å²) < 4.78 is 0. The molecule has 0 radical (unpaired) electrons. The zero-order valence-corrected chi connectivity index (χ0v) is 26.3. The van der Waals surface area contributed by atoms with E-state index in [2.05, 4.69) is 26.3 Å². The number of hydrogen-bond donors (Lipinski definition) is 11. The van der Waals surface area contributed by atoms with Gasteiger partial charge in [0.05, 0.1) is 12.6 Å². The van der Waals surface area contributed by atoms with Crippen molar-refractivity contribution in [2.75, 3.05) is 19.7 Å². The number of guanidine groups is 1. The number of aromatic hydroxyl groups is 1. The van der Waals surface area contributed by atoms with E-state index in [1.807, 2.05) is 0 Å². The Morgan fingerprint density at radius 2 is 1.37 bits per heavy atom. The third-order valence-electron chi connectivity index (χ3n) is 6.94. The Morgan fingerprint density at radius 1 is 0.804 bits per heavy atom. The van der Waals surface area contributed by atoms with E-state index >= 15 is 0 Å². The van der Waals surface area contributed by atoms with Crippen LogP contribution in [0, 0.1) is 5.92 Å². The van der Waals surface area contributed by atoms with Gasteiger partial charge in [-0.2, -0.15) is 0 Å². The van der Waals surface area contributed by atoms with E-state index < -0.39 is 72.3 Å². The second kappa shape index (κ2) is 20.5. The summed E-state index contributed by atoms with van der Waals surface area (Å²) >= 11 is 0. The number of hydrogen-bond acceptors (Lipinski definition) is 10. The molecule has 0 bridgehead atoms. The number of carbonyl (C=O) groups excluding carboxylic acids is 4. The van der Waals surface area contributed by atoms with Crippen molar-refractivity contribution in [1.29, 1.82) is 0 Å². The van der Waals surface area contributed by atoms with E-state index in [0.717, 1.165) is 0 Å². The maximum Gasteiger partial charge on any atom is 0.326 e. The number of aliphatic hydroxyl groups is 1. The highest BCUT2D eigenvalue weighted by Crippen LogP contribution is 2.13. The fourth-order valence-electron chi connectivity index (χ4n) is 4.27. The number of phenolic OH excluding ortho intramolecular Hbond substituents is 1. The van der Waals surface area contributed by atoms with Crippen LogP contribution in [0.15, 0.2) is 29.3 Å². The number of carboxylic acid groups (broad SMARTS) is 1. The van der Waals surface area contributed by atoms with Crippen LogP contribution in [-0.2, 0) is 30.4 Å². The van der Waals surface area contributed by atoms with Gasteiger partial charge in [0.1, 0.15) is 29.9 Å². The highest BCUT2D eigenvalue weighted by molar-refractivity contribution is 5.95. The number of rotatable bonds is 21. The second-order valence-corrected chi connectivity index (χ2v) is 11.1. The van der Waals surface area contributed by atoms with Crippen LogP contribution in [0.4, 0.5) is 0 Å². The monoisotopic (exact) mass is 651 g/mol. The maximum absolute atomic E-state index is 13.5. The van der Waals surface area contributed by atoms with Crippen LogP contribution in [0.1, 0.15) is 51.5 Å². The highest BCUT2D eigenvalue weighted by atomic mass is 16.4. The number of unbranched alkanes of at least 4 members (excludes halogenated alkanes) is 1. The molecule has 258 valence electrons. The van der Waals surface area contributed by atoms with Gasteiger partial charge in [-0.3, -0.25) is 24.2 Å². The van der Waals surface area contributed by atoms with Gasteiger partial charge in [-0.05, 0) is 62.3 Å². The molecule has 4 amide bonds. The Morgan fingerprint density at radius 3 is 1.91 bits per heavy atom. The highest BCUT2D eigenvalue weighted by Gasteiger charge is 2.32. The molecule has 17 heteroatoms. The maximum atomic E-state index is 13.5. The minimum Gasteiger partial charge on any atom is -0.508 e. The van der Waals surface area contributed by atoms with Gasteiger partial charge in [0.15, 0.2) is 5.96 Å². The van der Waals surface area contributed by atoms with E-state index in [1.54, 1.807) is 13.8 Å². The molecule has 0 saturated heterocycles. The quantitative estimate of drug-likeness (QED) is 0.0363. The minimum atomic E-state index is -1.54. The average molecular weight is 652 g/mol.